The molecule has 3 N–H and O–H groups in total. The standard InChI is InChI=1S/C13H12BrFN2O2S/c1-8-2-3-9(15)6-13(8)17-20(18,19)10-4-5-11(14)12(16)7-10/h2-7,17H,16H2,1H3. The van der Waals surface area contributed by atoms with Crippen molar-refractivity contribution in [1.29, 1.82) is 0 Å². The molecule has 0 saturated heterocycles. The zero-order valence-corrected chi connectivity index (χ0v) is 12.9. The van der Waals surface area contributed by atoms with Gasteiger partial charge in [0.2, 0.25) is 0 Å². The Kier molecular flexibility index (Phi) is 4.01. The summed E-state index contributed by atoms with van der Waals surface area (Å²) < 4.78 is 40.6. The van der Waals surface area contributed by atoms with Crippen LogP contribution in [0.5, 0.6) is 0 Å². The Morgan fingerprint density at radius 2 is 1.90 bits per heavy atom. The van der Waals surface area contributed by atoms with E-state index in [0.717, 1.165) is 6.07 Å². The second-order valence-electron chi connectivity index (χ2n) is 4.25. The Morgan fingerprint density at radius 3 is 2.55 bits per heavy atom. The molecule has 0 atom stereocenters. The number of halogens is 2. The van der Waals surface area contributed by atoms with Crippen LogP contribution in [0.2, 0.25) is 0 Å². The minimum atomic E-state index is -3.81. The van der Waals surface area contributed by atoms with Crippen LogP contribution in [-0.4, -0.2) is 8.42 Å². The van der Waals surface area contributed by atoms with E-state index >= 15 is 0 Å². The molecule has 2 rings (SSSR count). The number of aryl methyl sites for hydroxylation is 1. The SMILES string of the molecule is Cc1ccc(F)cc1NS(=O)(=O)c1ccc(Br)c(N)c1. The van der Waals surface area contributed by atoms with Gasteiger partial charge < -0.3 is 5.73 Å². The highest BCUT2D eigenvalue weighted by Crippen LogP contribution is 2.25. The summed E-state index contributed by atoms with van der Waals surface area (Å²) in [6.45, 7) is 1.69. The van der Waals surface area contributed by atoms with Gasteiger partial charge in [0.25, 0.3) is 10.0 Å². The van der Waals surface area contributed by atoms with E-state index in [1.54, 1.807) is 13.0 Å². The predicted molar refractivity (Wildman–Crippen MR) is 80.5 cm³/mol. The summed E-state index contributed by atoms with van der Waals surface area (Å²) in [5, 5.41) is 0. The number of nitrogens with one attached hydrogen (secondary N) is 1. The van der Waals surface area contributed by atoms with Gasteiger partial charge in [0, 0.05) is 10.2 Å². The highest BCUT2D eigenvalue weighted by atomic mass is 79.9. The number of sulfonamides is 1. The fourth-order valence-electron chi connectivity index (χ4n) is 1.60. The average molecular weight is 359 g/mol. The van der Waals surface area contributed by atoms with Gasteiger partial charge in [0.1, 0.15) is 5.82 Å². The van der Waals surface area contributed by atoms with Crippen LogP contribution < -0.4 is 10.5 Å². The number of rotatable bonds is 3. The lowest BCUT2D eigenvalue weighted by Gasteiger charge is -2.11. The van der Waals surface area contributed by atoms with Gasteiger partial charge in [-0.2, -0.15) is 0 Å². The van der Waals surface area contributed by atoms with Crippen molar-refractivity contribution in [3.8, 4) is 0 Å². The highest BCUT2D eigenvalue weighted by Gasteiger charge is 2.16. The monoisotopic (exact) mass is 358 g/mol. The molecule has 0 aliphatic carbocycles. The van der Waals surface area contributed by atoms with Gasteiger partial charge in [-0.15, -0.1) is 0 Å². The van der Waals surface area contributed by atoms with Crippen molar-refractivity contribution < 1.29 is 12.8 Å². The van der Waals surface area contributed by atoms with Crippen LogP contribution in [0.25, 0.3) is 0 Å². The molecule has 0 radical (unpaired) electrons. The van der Waals surface area contributed by atoms with Gasteiger partial charge in [-0.05, 0) is 58.7 Å². The number of anilines is 2. The second kappa shape index (κ2) is 5.41. The van der Waals surface area contributed by atoms with E-state index in [0.29, 0.717) is 15.7 Å². The molecule has 4 nitrogen and oxygen atoms in total. The van der Waals surface area contributed by atoms with Crippen molar-refractivity contribution in [2.45, 2.75) is 11.8 Å². The van der Waals surface area contributed by atoms with Crippen LogP contribution in [0.4, 0.5) is 15.8 Å². The molecule has 0 aliphatic heterocycles. The zero-order valence-electron chi connectivity index (χ0n) is 10.5. The van der Waals surface area contributed by atoms with E-state index in [-0.39, 0.29) is 10.6 Å². The van der Waals surface area contributed by atoms with E-state index in [1.165, 1.54) is 24.3 Å². The lowest BCUT2D eigenvalue weighted by molar-refractivity contribution is 0.601. The molecule has 106 valence electrons. The fourth-order valence-corrected chi connectivity index (χ4v) is 3.00. The van der Waals surface area contributed by atoms with Crippen molar-refractivity contribution in [1.82, 2.24) is 0 Å². The summed E-state index contributed by atoms with van der Waals surface area (Å²) in [5.41, 5.74) is 6.80. The topological polar surface area (TPSA) is 72.2 Å². The van der Waals surface area contributed by atoms with Crippen molar-refractivity contribution in [3.63, 3.8) is 0 Å². The molecule has 2 aromatic rings. The number of nitrogen functional groups attached to an aromatic ring is 1. The normalized spacial score (nSPS) is 11.3. The lowest BCUT2D eigenvalue weighted by atomic mass is 10.2. The Labute approximate surface area is 125 Å². The van der Waals surface area contributed by atoms with Crippen LogP contribution in [-0.2, 0) is 10.0 Å². The second-order valence-corrected chi connectivity index (χ2v) is 6.78. The first-order valence-corrected chi connectivity index (χ1v) is 7.91. The molecule has 2 aromatic carbocycles. The smallest absolute Gasteiger partial charge is 0.261 e. The van der Waals surface area contributed by atoms with Crippen LogP contribution >= 0.6 is 15.9 Å². The Hall–Kier alpha value is -1.60. The van der Waals surface area contributed by atoms with Crippen LogP contribution in [0, 0.1) is 12.7 Å². The van der Waals surface area contributed by atoms with Crippen LogP contribution in [0.15, 0.2) is 45.8 Å². The zero-order chi connectivity index (χ0) is 14.9. The third kappa shape index (κ3) is 3.10. The minimum absolute atomic E-state index is 0.0156. The number of hydrogen-bond acceptors (Lipinski definition) is 3. The molecule has 0 fully saturated rings. The third-order valence-electron chi connectivity index (χ3n) is 2.72. The van der Waals surface area contributed by atoms with Crippen molar-refractivity contribution in [2.24, 2.45) is 0 Å². The minimum Gasteiger partial charge on any atom is -0.398 e. The number of nitrogens with two attached hydrogens (primary N) is 1. The average Bonchev–Trinajstić information content (AvgIpc) is 2.36. The van der Waals surface area contributed by atoms with E-state index in [1.807, 2.05) is 0 Å². The Morgan fingerprint density at radius 1 is 1.20 bits per heavy atom. The number of hydrogen-bond donors (Lipinski definition) is 2. The van der Waals surface area contributed by atoms with E-state index in [2.05, 4.69) is 20.7 Å². The van der Waals surface area contributed by atoms with Gasteiger partial charge in [-0.3, -0.25) is 4.72 Å². The summed E-state index contributed by atoms with van der Waals surface area (Å²) >= 11 is 3.19. The molecule has 0 aromatic heterocycles. The first-order chi connectivity index (χ1) is 9.29. The molecule has 0 bridgehead atoms. The largest absolute Gasteiger partial charge is 0.398 e. The van der Waals surface area contributed by atoms with Crippen LogP contribution in [0.1, 0.15) is 5.56 Å². The first kappa shape index (κ1) is 14.8. The van der Waals surface area contributed by atoms with Gasteiger partial charge in [-0.25, -0.2) is 12.8 Å². The predicted octanol–water partition coefficient (Wildman–Crippen LogP) is 3.28. The van der Waals surface area contributed by atoms with Gasteiger partial charge >= 0.3 is 0 Å². The molecule has 0 saturated carbocycles. The number of benzene rings is 2. The van der Waals surface area contributed by atoms with Gasteiger partial charge in [0.15, 0.2) is 0 Å². The van der Waals surface area contributed by atoms with Crippen molar-refractivity contribution in [3.05, 3.63) is 52.3 Å². The molecular weight excluding hydrogens is 347 g/mol. The fraction of sp³-hybridized carbons (Fsp3) is 0.0769. The molecule has 20 heavy (non-hydrogen) atoms. The Bertz CT molecular complexity index is 763. The van der Waals surface area contributed by atoms with Crippen molar-refractivity contribution in [2.75, 3.05) is 10.5 Å². The van der Waals surface area contributed by atoms with E-state index in [4.69, 9.17) is 5.73 Å². The van der Waals surface area contributed by atoms with Crippen LogP contribution in [0.3, 0.4) is 0 Å². The summed E-state index contributed by atoms with van der Waals surface area (Å²) in [4.78, 5) is 0.0156. The Balaban J connectivity index is 2.40. The molecule has 0 spiro atoms. The maximum Gasteiger partial charge on any atom is 0.261 e. The van der Waals surface area contributed by atoms with E-state index < -0.39 is 15.8 Å². The molecule has 7 heteroatoms. The highest BCUT2D eigenvalue weighted by molar-refractivity contribution is 9.10. The lowest BCUT2D eigenvalue weighted by Crippen LogP contribution is -2.14. The van der Waals surface area contributed by atoms with Gasteiger partial charge in [-0.1, -0.05) is 6.07 Å². The van der Waals surface area contributed by atoms with E-state index in [9.17, 15) is 12.8 Å². The van der Waals surface area contributed by atoms with Crippen molar-refractivity contribution >= 4 is 37.3 Å². The molecule has 0 aliphatic rings. The quantitative estimate of drug-likeness (QED) is 0.827. The molecular formula is C13H12BrFN2O2S. The molecule has 0 unspecified atom stereocenters. The summed E-state index contributed by atoms with van der Waals surface area (Å²) in [6, 6.07) is 8.20. The maximum atomic E-state index is 13.2. The molecule has 0 heterocycles. The summed E-state index contributed by atoms with van der Waals surface area (Å²) in [5.74, 6) is -0.511. The summed E-state index contributed by atoms with van der Waals surface area (Å²) in [6.07, 6.45) is 0. The molecule has 0 amide bonds. The maximum absolute atomic E-state index is 13.2. The van der Waals surface area contributed by atoms with Gasteiger partial charge in [0.05, 0.1) is 10.6 Å². The first-order valence-electron chi connectivity index (χ1n) is 5.63. The summed E-state index contributed by atoms with van der Waals surface area (Å²) in [7, 11) is -3.81. The third-order valence-corrected chi connectivity index (χ3v) is 4.81.